The lowest BCUT2D eigenvalue weighted by Crippen LogP contribution is -2.61. The lowest BCUT2D eigenvalue weighted by atomic mass is 9.98. The normalized spacial score (nSPS) is 21.0. The first-order chi connectivity index (χ1) is 21.4. The number of esters is 4. The topological polar surface area (TPSA) is 114 Å². The Balaban J connectivity index is 1.48. The predicted molar refractivity (Wildman–Crippen MR) is 161 cm³/mol. The van der Waals surface area contributed by atoms with Crippen molar-refractivity contribution < 1.29 is 42.9 Å². The molecule has 4 aromatic rings. The van der Waals surface area contributed by atoms with E-state index >= 15 is 0 Å². The number of carbonyl (C=O) groups is 4. The molecular weight excluding hydrogens is 584 g/mol. The molecule has 0 unspecified atom stereocenters. The summed E-state index contributed by atoms with van der Waals surface area (Å²) in [5, 5.41) is 0. The number of carbonyl (C=O) groups excluding carboxylic acids is 4. The smallest absolute Gasteiger partial charge is 0.338 e. The van der Waals surface area contributed by atoms with Crippen LogP contribution in [0.15, 0.2) is 121 Å². The molecule has 0 N–H and O–H groups in total. The van der Waals surface area contributed by atoms with Crippen molar-refractivity contribution in [2.75, 3.05) is 6.61 Å². The zero-order valence-corrected chi connectivity index (χ0v) is 24.2. The molecule has 5 atom stereocenters. The summed E-state index contributed by atoms with van der Waals surface area (Å²) in [7, 11) is 0. The summed E-state index contributed by atoms with van der Waals surface area (Å²) in [5.74, 6) is -2.90. The van der Waals surface area contributed by atoms with Crippen LogP contribution < -0.4 is 0 Å². The van der Waals surface area contributed by atoms with Gasteiger partial charge in [0.2, 0.25) is 0 Å². The average Bonchev–Trinajstić information content (AvgIpc) is 3.07. The molecule has 10 heteroatoms. The second-order valence-electron chi connectivity index (χ2n) is 9.74. The van der Waals surface area contributed by atoms with Gasteiger partial charge in [0, 0.05) is 0 Å². The van der Waals surface area contributed by atoms with Crippen molar-refractivity contribution in [3.05, 3.63) is 144 Å². The minimum absolute atomic E-state index is 0.211. The van der Waals surface area contributed by atoms with Gasteiger partial charge in [-0.15, -0.1) is 12.6 Å². The largest absolute Gasteiger partial charge is 0.459 e. The van der Waals surface area contributed by atoms with E-state index in [9.17, 15) is 19.2 Å². The Labute approximate surface area is 259 Å². The van der Waals surface area contributed by atoms with Gasteiger partial charge in [-0.3, -0.25) is 0 Å². The molecule has 224 valence electrons. The molecule has 1 fully saturated rings. The van der Waals surface area contributed by atoms with Crippen molar-refractivity contribution in [1.29, 1.82) is 0 Å². The Morgan fingerprint density at radius 2 is 0.841 bits per heavy atom. The maximum absolute atomic E-state index is 13.3. The summed E-state index contributed by atoms with van der Waals surface area (Å²) >= 11 is 4.52. The van der Waals surface area contributed by atoms with Crippen LogP contribution in [0.1, 0.15) is 41.4 Å². The van der Waals surface area contributed by atoms with E-state index in [1.807, 2.05) is 0 Å². The standard InChI is InChI=1S/C34H28O9S/c35-30(22-13-5-1-6-14-22)39-21-26-27(41-31(36)23-15-7-2-8-16-23)28(42-32(37)24-17-9-3-10-18-24)29(34(44)40-26)43-33(38)25-19-11-4-12-20-25/h1-20,26-29,34,44H,21H2/t26-,27+,28+,29-,34-/m1/s1. The molecule has 1 heterocycles. The second-order valence-corrected chi connectivity index (χ2v) is 10.2. The zero-order chi connectivity index (χ0) is 30.9. The zero-order valence-electron chi connectivity index (χ0n) is 23.3. The molecule has 0 amide bonds. The lowest BCUT2D eigenvalue weighted by molar-refractivity contribution is -0.206. The molecule has 1 aliphatic heterocycles. The van der Waals surface area contributed by atoms with Crippen LogP contribution in [0.2, 0.25) is 0 Å². The first kappa shape index (κ1) is 30.5. The molecule has 0 radical (unpaired) electrons. The number of rotatable bonds is 9. The van der Waals surface area contributed by atoms with Crippen molar-refractivity contribution in [1.82, 2.24) is 0 Å². The van der Waals surface area contributed by atoms with Crippen LogP contribution in [-0.4, -0.2) is 60.3 Å². The summed E-state index contributed by atoms with van der Waals surface area (Å²) in [5.41, 5.74) is -0.207. The van der Waals surface area contributed by atoms with Crippen LogP contribution in [0.3, 0.4) is 0 Å². The fraction of sp³-hybridized carbons (Fsp3) is 0.176. The third-order valence-corrected chi connectivity index (χ3v) is 7.17. The molecule has 4 aromatic carbocycles. The van der Waals surface area contributed by atoms with Gasteiger partial charge >= 0.3 is 23.9 Å². The average molecular weight is 613 g/mol. The quantitative estimate of drug-likeness (QED) is 0.155. The number of ether oxygens (including phenoxy) is 5. The highest BCUT2D eigenvalue weighted by Crippen LogP contribution is 2.32. The maximum atomic E-state index is 13.3. The van der Waals surface area contributed by atoms with Crippen molar-refractivity contribution in [2.45, 2.75) is 29.9 Å². The number of benzene rings is 4. The third kappa shape index (κ3) is 7.52. The van der Waals surface area contributed by atoms with Crippen molar-refractivity contribution in [3.63, 3.8) is 0 Å². The summed E-state index contributed by atoms with van der Waals surface area (Å²) in [6.07, 6.45) is -5.26. The number of hydrogen-bond donors (Lipinski definition) is 1. The Bertz CT molecular complexity index is 1570. The predicted octanol–water partition coefficient (Wildman–Crippen LogP) is 5.17. The van der Waals surface area contributed by atoms with Crippen LogP contribution in [0.25, 0.3) is 0 Å². The molecule has 44 heavy (non-hydrogen) atoms. The highest BCUT2D eigenvalue weighted by atomic mass is 32.1. The SMILES string of the molecule is O=C(OC[C@H]1O[C@H](S)[C@H](OC(=O)c2ccccc2)[C@@H](OC(=O)c2ccccc2)[C@H]1OC(=O)c1ccccc1)c1ccccc1. The molecule has 9 nitrogen and oxygen atoms in total. The van der Waals surface area contributed by atoms with Crippen LogP contribution >= 0.6 is 12.6 Å². The minimum Gasteiger partial charge on any atom is -0.459 e. The van der Waals surface area contributed by atoms with Gasteiger partial charge in [-0.25, -0.2) is 19.2 Å². The fourth-order valence-corrected chi connectivity index (χ4v) is 4.93. The molecule has 0 spiro atoms. The van der Waals surface area contributed by atoms with Crippen LogP contribution in [0, 0.1) is 0 Å². The second kappa shape index (κ2) is 14.5. The van der Waals surface area contributed by atoms with E-state index in [0.717, 1.165) is 0 Å². The maximum Gasteiger partial charge on any atom is 0.338 e. The van der Waals surface area contributed by atoms with Crippen molar-refractivity contribution in [3.8, 4) is 0 Å². The molecule has 0 aliphatic carbocycles. The Hall–Kier alpha value is -4.93. The van der Waals surface area contributed by atoms with Gasteiger partial charge < -0.3 is 23.7 Å². The molecule has 0 aromatic heterocycles. The van der Waals surface area contributed by atoms with Gasteiger partial charge in [-0.1, -0.05) is 72.8 Å². The Morgan fingerprint density at radius 3 is 1.25 bits per heavy atom. The van der Waals surface area contributed by atoms with Gasteiger partial charge in [0.25, 0.3) is 0 Å². The van der Waals surface area contributed by atoms with Gasteiger partial charge in [-0.2, -0.15) is 0 Å². The van der Waals surface area contributed by atoms with Crippen LogP contribution in [0.5, 0.6) is 0 Å². The number of hydrogen-bond acceptors (Lipinski definition) is 10. The summed E-state index contributed by atoms with van der Waals surface area (Å²) < 4.78 is 29.1. The van der Waals surface area contributed by atoms with E-state index in [1.165, 1.54) is 0 Å². The van der Waals surface area contributed by atoms with Gasteiger partial charge in [-0.05, 0) is 48.5 Å². The summed E-state index contributed by atoms with van der Waals surface area (Å²) in [6, 6.07) is 32.8. The first-order valence-electron chi connectivity index (χ1n) is 13.7. The molecule has 0 bridgehead atoms. The van der Waals surface area contributed by atoms with Crippen LogP contribution in [0.4, 0.5) is 0 Å². The van der Waals surface area contributed by atoms with E-state index in [1.54, 1.807) is 121 Å². The van der Waals surface area contributed by atoms with Gasteiger partial charge in [0.05, 0.1) is 22.3 Å². The molecule has 1 aliphatic rings. The molecule has 5 rings (SSSR count). The third-order valence-electron chi connectivity index (χ3n) is 6.76. The summed E-state index contributed by atoms with van der Waals surface area (Å²) in [6.45, 7) is -0.393. The van der Waals surface area contributed by atoms with E-state index in [-0.39, 0.29) is 16.7 Å². The minimum atomic E-state index is -1.40. The first-order valence-corrected chi connectivity index (χ1v) is 14.3. The van der Waals surface area contributed by atoms with E-state index in [2.05, 4.69) is 12.6 Å². The summed E-state index contributed by atoms with van der Waals surface area (Å²) in [4.78, 5) is 52.5. The molecule has 0 saturated carbocycles. The van der Waals surface area contributed by atoms with Crippen molar-refractivity contribution >= 4 is 36.5 Å². The van der Waals surface area contributed by atoms with Gasteiger partial charge in [0.15, 0.2) is 18.3 Å². The Kier molecular flexibility index (Phi) is 10.1. The molecular formula is C34H28O9S. The highest BCUT2D eigenvalue weighted by Gasteiger charge is 2.52. The highest BCUT2D eigenvalue weighted by molar-refractivity contribution is 7.80. The van der Waals surface area contributed by atoms with Gasteiger partial charge in [0.1, 0.15) is 18.1 Å². The van der Waals surface area contributed by atoms with E-state index in [4.69, 9.17) is 23.7 Å². The van der Waals surface area contributed by atoms with E-state index < -0.39 is 60.3 Å². The number of thiol groups is 1. The Morgan fingerprint density at radius 1 is 0.500 bits per heavy atom. The van der Waals surface area contributed by atoms with Crippen molar-refractivity contribution in [2.24, 2.45) is 0 Å². The van der Waals surface area contributed by atoms with E-state index in [0.29, 0.717) is 5.56 Å². The molecule has 1 saturated heterocycles. The fourth-order valence-electron chi connectivity index (χ4n) is 4.54. The van der Waals surface area contributed by atoms with Crippen LogP contribution in [-0.2, 0) is 23.7 Å². The monoisotopic (exact) mass is 612 g/mol. The lowest BCUT2D eigenvalue weighted by Gasteiger charge is -2.43.